The summed E-state index contributed by atoms with van der Waals surface area (Å²) in [6, 6.07) is 6.49. The van der Waals surface area contributed by atoms with Gasteiger partial charge in [0, 0.05) is 0 Å². The fraction of sp³-hybridized carbons (Fsp3) is 0.100. The monoisotopic (exact) mass is 233 g/mol. The van der Waals surface area contributed by atoms with Crippen LogP contribution in [-0.2, 0) is 9.53 Å². The highest BCUT2D eigenvalue weighted by molar-refractivity contribution is 5.93. The maximum atomic E-state index is 11.2. The molecule has 0 aliphatic rings. The normalized spacial score (nSPS) is 11.1. The lowest BCUT2D eigenvalue weighted by Gasteiger charge is -2.07. The van der Waals surface area contributed by atoms with Gasteiger partial charge in [-0.2, -0.15) is 5.26 Å². The van der Waals surface area contributed by atoms with Crippen LogP contribution in [0.5, 0.6) is 0 Å². The Balaban J connectivity index is 2.98. The molecule has 1 rings (SSSR count). The second-order valence-corrected chi connectivity index (χ2v) is 2.96. The molecular formula is C10H11N5O2. The third-order valence-corrected chi connectivity index (χ3v) is 1.80. The number of hydrogen-bond donors (Lipinski definition) is 3. The molecule has 0 amide bonds. The summed E-state index contributed by atoms with van der Waals surface area (Å²) in [7, 11) is 1.16. The van der Waals surface area contributed by atoms with Gasteiger partial charge in [-0.05, 0) is 12.1 Å². The average Bonchev–Trinajstić information content (AvgIpc) is 2.29. The summed E-state index contributed by atoms with van der Waals surface area (Å²) in [5.74, 6) is -0.336. The van der Waals surface area contributed by atoms with Crippen molar-refractivity contribution in [2.75, 3.05) is 18.2 Å². The Bertz CT molecular complexity index is 504. The van der Waals surface area contributed by atoms with Crippen LogP contribution in [0, 0.1) is 11.3 Å². The van der Waals surface area contributed by atoms with E-state index in [2.05, 4.69) is 15.0 Å². The van der Waals surface area contributed by atoms with Gasteiger partial charge in [-0.15, -0.1) is 0 Å². The van der Waals surface area contributed by atoms with E-state index < -0.39 is 5.97 Å². The van der Waals surface area contributed by atoms with Crippen molar-refractivity contribution < 1.29 is 9.53 Å². The van der Waals surface area contributed by atoms with Crippen LogP contribution in [-0.4, -0.2) is 18.1 Å². The van der Waals surface area contributed by atoms with E-state index in [-0.39, 0.29) is 11.4 Å². The molecule has 0 saturated heterocycles. The van der Waals surface area contributed by atoms with Crippen LogP contribution in [0.3, 0.4) is 0 Å². The summed E-state index contributed by atoms with van der Waals surface area (Å²) in [4.78, 5) is 15.1. The molecule has 17 heavy (non-hydrogen) atoms. The summed E-state index contributed by atoms with van der Waals surface area (Å²) in [6.45, 7) is 0. The van der Waals surface area contributed by atoms with Crippen molar-refractivity contribution in [2.24, 2.45) is 5.73 Å². The summed E-state index contributed by atoms with van der Waals surface area (Å²) in [6.07, 6.45) is 0. The zero-order valence-corrected chi connectivity index (χ0v) is 9.10. The number of nitrogens with zero attached hydrogens (tertiary/aromatic N) is 2. The molecule has 5 N–H and O–H groups in total. The Hall–Kier alpha value is -2.75. The number of methoxy groups -OCH3 is 1. The van der Waals surface area contributed by atoms with Gasteiger partial charge in [-0.3, -0.25) is 0 Å². The van der Waals surface area contributed by atoms with Gasteiger partial charge in [0.1, 0.15) is 23.5 Å². The molecule has 0 aliphatic heterocycles. The maximum Gasteiger partial charge on any atom is 0.352 e. The molecular weight excluding hydrogens is 222 g/mol. The topological polar surface area (TPSA) is 127 Å². The minimum atomic E-state index is -0.818. The molecule has 0 saturated carbocycles. The number of carbonyl (C=O) groups is 1. The standard InChI is InChI=1S/C10H11N5O2/c1-17-10(16)6(5-11)9(13)15-8-4-2-3-7(12)14-8/h2-4H,13H2,1H3,(H3,12,14,15)/b9-6-. The lowest BCUT2D eigenvalue weighted by atomic mass is 10.3. The van der Waals surface area contributed by atoms with E-state index in [1.807, 2.05) is 0 Å². The van der Waals surface area contributed by atoms with Crippen molar-refractivity contribution in [3.8, 4) is 6.07 Å². The van der Waals surface area contributed by atoms with Gasteiger partial charge in [0.25, 0.3) is 0 Å². The molecule has 0 atom stereocenters. The Kier molecular flexibility index (Phi) is 3.89. The lowest BCUT2D eigenvalue weighted by molar-refractivity contribution is -0.135. The first kappa shape index (κ1) is 12.3. The molecule has 0 spiro atoms. The van der Waals surface area contributed by atoms with Crippen molar-refractivity contribution in [1.29, 1.82) is 5.26 Å². The zero-order valence-electron chi connectivity index (χ0n) is 9.10. The van der Waals surface area contributed by atoms with E-state index in [9.17, 15) is 4.79 Å². The first-order valence-electron chi connectivity index (χ1n) is 4.56. The van der Waals surface area contributed by atoms with Crippen LogP contribution in [0.25, 0.3) is 0 Å². The highest BCUT2D eigenvalue weighted by Gasteiger charge is 2.14. The summed E-state index contributed by atoms with van der Waals surface area (Å²) in [5, 5.41) is 11.3. The number of pyridine rings is 1. The number of carbonyl (C=O) groups excluding carboxylic acids is 1. The molecule has 0 radical (unpaired) electrons. The van der Waals surface area contributed by atoms with Crippen molar-refractivity contribution in [3.05, 3.63) is 29.6 Å². The number of aromatic nitrogens is 1. The second kappa shape index (κ2) is 5.37. The highest BCUT2D eigenvalue weighted by Crippen LogP contribution is 2.09. The molecule has 7 heteroatoms. The minimum Gasteiger partial charge on any atom is -0.465 e. The van der Waals surface area contributed by atoms with Crippen molar-refractivity contribution in [3.63, 3.8) is 0 Å². The molecule has 88 valence electrons. The van der Waals surface area contributed by atoms with Gasteiger partial charge in [-0.25, -0.2) is 9.78 Å². The Morgan fingerprint density at radius 1 is 1.59 bits per heavy atom. The molecule has 1 heterocycles. The molecule has 7 nitrogen and oxygen atoms in total. The Morgan fingerprint density at radius 2 is 2.29 bits per heavy atom. The van der Waals surface area contributed by atoms with Gasteiger partial charge in [0.2, 0.25) is 0 Å². The van der Waals surface area contributed by atoms with Crippen LogP contribution in [0.15, 0.2) is 29.6 Å². The summed E-state index contributed by atoms with van der Waals surface area (Å²) < 4.78 is 4.40. The number of ether oxygens (including phenoxy) is 1. The number of esters is 1. The molecule has 1 aromatic rings. The number of nitriles is 1. The van der Waals surface area contributed by atoms with Crippen LogP contribution >= 0.6 is 0 Å². The lowest BCUT2D eigenvalue weighted by Crippen LogP contribution is -2.18. The Morgan fingerprint density at radius 3 is 2.82 bits per heavy atom. The van der Waals surface area contributed by atoms with Crippen molar-refractivity contribution >= 4 is 17.6 Å². The van der Waals surface area contributed by atoms with Gasteiger partial charge in [-0.1, -0.05) is 6.07 Å². The molecule has 0 bridgehead atoms. The second-order valence-electron chi connectivity index (χ2n) is 2.96. The molecule has 0 fully saturated rings. The number of anilines is 2. The first-order valence-corrected chi connectivity index (χ1v) is 4.56. The van der Waals surface area contributed by atoms with Gasteiger partial charge in [0.05, 0.1) is 7.11 Å². The van der Waals surface area contributed by atoms with Gasteiger partial charge in [0.15, 0.2) is 5.57 Å². The fourth-order valence-corrected chi connectivity index (χ4v) is 1.04. The summed E-state index contributed by atoms with van der Waals surface area (Å²) in [5.41, 5.74) is 10.7. The van der Waals surface area contributed by atoms with E-state index >= 15 is 0 Å². The molecule has 0 unspecified atom stereocenters. The zero-order chi connectivity index (χ0) is 12.8. The highest BCUT2D eigenvalue weighted by atomic mass is 16.5. The number of nitrogens with one attached hydrogen (secondary N) is 1. The smallest absolute Gasteiger partial charge is 0.352 e. The number of rotatable bonds is 3. The average molecular weight is 233 g/mol. The van der Waals surface area contributed by atoms with Crippen LogP contribution in [0.1, 0.15) is 0 Å². The van der Waals surface area contributed by atoms with E-state index in [0.29, 0.717) is 11.6 Å². The minimum absolute atomic E-state index is 0.141. The van der Waals surface area contributed by atoms with E-state index in [1.54, 1.807) is 24.3 Å². The maximum absolute atomic E-state index is 11.2. The van der Waals surface area contributed by atoms with Crippen molar-refractivity contribution in [1.82, 2.24) is 4.98 Å². The first-order chi connectivity index (χ1) is 8.08. The van der Waals surface area contributed by atoms with Crippen LogP contribution in [0.2, 0.25) is 0 Å². The van der Waals surface area contributed by atoms with Crippen LogP contribution < -0.4 is 16.8 Å². The molecule has 0 aliphatic carbocycles. The third-order valence-electron chi connectivity index (χ3n) is 1.80. The Labute approximate surface area is 97.7 Å². The number of nitrogen functional groups attached to an aromatic ring is 1. The quantitative estimate of drug-likeness (QED) is 0.379. The van der Waals surface area contributed by atoms with E-state index in [0.717, 1.165) is 7.11 Å². The predicted molar refractivity (Wildman–Crippen MR) is 61.1 cm³/mol. The SMILES string of the molecule is COC(=O)/C(C#N)=C(/N)Nc1cccc(N)n1. The predicted octanol–water partition coefficient (Wildman–Crippen LogP) is -0.0574. The molecule has 1 aromatic heterocycles. The van der Waals surface area contributed by atoms with E-state index in [1.165, 1.54) is 0 Å². The van der Waals surface area contributed by atoms with Gasteiger partial charge >= 0.3 is 5.97 Å². The molecule has 0 aromatic carbocycles. The van der Waals surface area contributed by atoms with Crippen molar-refractivity contribution in [2.45, 2.75) is 0 Å². The van der Waals surface area contributed by atoms with E-state index in [4.69, 9.17) is 16.7 Å². The number of nitrogens with two attached hydrogens (primary N) is 2. The number of hydrogen-bond acceptors (Lipinski definition) is 7. The van der Waals surface area contributed by atoms with Crippen LogP contribution in [0.4, 0.5) is 11.6 Å². The third kappa shape index (κ3) is 3.10. The van der Waals surface area contributed by atoms with Gasteiger partial charge < -0.3 is 21.5 Å². The summed E-state index contributed by atoms with van der Waals surface area (Å²) >= 11 is 0. The fourth-order valence-electron chi connectivity index (χ4n) is 1.04. The largest absolute Gasteiger partial charge is 0.465 e.